The van der Waals surface area contributed by atoms with Crippen molar-refractivity contribution in [1.29, 1.82) is 0 Å². The van der Waals surface area contributed by atoms with Crippen LogP contribution in [0.1, 0.15) is 55.5 Å². The van der Waals surface area contributed by atoms with E-state index in [4.69, 9.17) is 9.05 Å². The number of carbonyl (C=O) groups is 1. The first-order valence-electron chi connectivity index (χ1n) is 11.2. The fraction of sp³-hybridized carbons (Fsp3) is 0.375. The molecule has 0 fully saturated rings. The number of hydrogen-bond acceptors (Lipinski definition) is 6. The van der Waals surface area contributed by atoms with E-state index in [-0.39, 0.29) is 35.0 Å². The van der Waals surface area contributed by atoms with Crippen molar-refractivity contribution in [2.45, 2.75) is 49.7 Å². The first kappa shape index (κ1) is 27.0. The molecule has 184 valence electrons. The fourth-order valence-corrected chi connectivity index (χ4v) is 7.81. The van der Waals surface area contributed by atoms with E-state index in [0.717, 1.165) is 12.8 Å². The molecule has 1 N–H and O–H groups in total. The minimum absolute atomic E-state index is 0.0217. The zero-order valence-electron chi connectivity index (χ0n) is 19.2. The molecule has 0 radical (unpaired) electrons. The van der Waals surface area contributed by atoms with E-state index in [1.165, 1.54) is 24.3 Å². The predicted molar refractivity (Wildman–Crippen MR) is 135 cm³/mol. The summed E-state index contributed by atoms with van der Waals surface area (Å²) in [6.07, 6.45) is 5.34. The van der Waals surface area contributed by atoms with Crippen LogP contribution in [0.4, 0.5) is 0 Å². The van der Waals surface area contributed by atoms with Crippen LogP contribution in [0.3, 0.4) is 0 Å². The summed E-state index contributed by atoms with van der Waals surface area (Å²) < 4.78 is 56.7. The maximum atomic E-state index is 14.5. The zero-order valence-corrected chi connectivity index (χ0v) is 22.5. The lowest BCUT2D eigenvalue weighted by molar-refractivity contribution is 0.104. The molecule has 2 aromatic carbocycles. The Bertz CT molecular complexity index is 1180. The highest BCUT2D eigenvalue weighted by Gasteiger charge is 2.56. The number of fused-ring (bicyclic) bond motifs is 1. The summed E-state index contributed by atoms with van der Waals surface area (Å²) in [5.74, 6) is -0.317. The van der Waals surface area contributed by atoms with Gasteiger partial charge in [0.15, 0.2) is 11.1 Å². The molecule has 0 aliphatic heterocycles. The van der Waals surface area contributed by atoms with Gasteiger partial charge >= 0.3 is 7.60 Å². The van der Waals surface area contributed by atoms with E-state index in [2.05, 4.69) is 20.7 Å². The SMILES string of the molecule is CCCCOP(=O)(OCCCC)C1(NS(=O)(=O)c2ccc(Br)cc2)C=CC(=O)c2ccccc21. The van der Waals surface area contributed by atoms with Crippen LogP contribution in [0.5, 0.6) is 0 Å². The second-order valence-electron chi connectivity index (χ2n) is 7.94. The molecule has 1 atom stereocenters. The second-order valence-corrected chi connectivity index (χ2v) is 12.8. The number of carbonyl (C=O) groups excluding carboxylic acids is 1. The summed E-state index contributed by atoms with van der Waals surface area (Å²) in [5, 5.41) is -1.91. The Labute approximate surface area is 209 Å². The number of ketones is 1. The van der Waals surface area contributed by atoms with Gasteiger partial charge in [0.2, 0.25) is 10.0 Å². The lowest BCUT2D eigenvalue weighted by atomic mass is 9.92. The summed E-state index contributed by atoms with van der Waals surface area (Å²) in [6, 6.07) is 12.6. The van der Waals surface area contributed by atoms with Crippen LogP contribution < -0.4 is 4.72 Å². The Morgan fingerprint density at radius 2 is 1.56 bits per heavy atom. The summed E-state index contributed by atoms with van der Waals surface area (Å²) in [7, 11) is -8.41. The number of sulfonamides is 1. The number of unbranched alkanes of at least 4 members (excludes halogenated alkanes) is 2. The van der Waals surface area contributed by atoms with E-state index in [1.807, 2.05) is 13.8 Å². The molecule has 34 heavy (non-hydrogen) atoms. The fourth-order valence-electron chi connectivity index (χ4n) is 3.57. The largest absolute Gasteiger partial charge is 0.360 e. The number of rotatable bonds is 12. The first-order valence-corrected chi connectivity index (χ1v) is 15.0. The van der Waals surface area contributed by atoms with Gasteiger partial charge in [-0.15, -0.1) is 0 Å². The number of nitrogens with one attached hydrogen (secondary N) is 1. The van der Waals surface area contributed by atoms with Gasteiger partial charge in [0.05, 0.1) is 18.1 Å². The van der Waals surface area contributed by atoms with Crippen LogP contribution in [-0.4, -0.2) is 27.4 Å². The van der Waals surface area contributed by atoms with Gasteiger partial charge in [0, 0.05) is 15.6 Å². The monoisotopic (exact) mass is 569 g/mol. The van der Waals surface area contributed by atoms with E-state index < -0.39 is 22.9 Å². The van der Waals surface area contributed by atoms with E-state index in [0.29, 0.717) is 17.3 Å². The Hall–Kier alpha value is -1.61. The van der Waals surface area contributed by atoms with Crippen molar-refractivity contribution < 1.29 is 26.8 Å². The molecule has 0 amide bonds. The van der Waals surface area contributed by atoms with E-state index >= 15 is 0 Å². The van der Waals surface area contributed by atoms with Gasteiger partial charge < -0.3 is 9.05 Å². The molecule has 1 aliphatic carbocycles. The van der Waals surface area contributed by atoms with Gasteiger partial charge in [-0.3, -0.25) is 9.36 Å². The normalized spacial score (nSPS) is 18.1. The number of allylic oxidation sites excluding steroid dienone is 1. The Morgan fingerprint density at radius 3 is 2.15 bits per heavy atom. The summed E-state index contributed by atoms with van der Waals surface area (Å²) in [5.41, 5.74) is 0.474. The van der Waals surface area contributed by atoms with Gasteiger partial charge in [0.25, 0.3) is 0 Å². The van der Waals surface area contributed by atoms with Crippen LogP contribution >= 0.6 is 23.5 Å². The Balaban J connectivity index is 2.21. The molecule has 1 unspecified atom stereocenters. The molecule has 7 nitrogen and oxygen atoms in total. The van der Waals surface area contributed by atoms with E-state index in [9.17, 15) is 17.8 Å². The van der Waals surface area contributed by atoms with Crippen LogP contribution in [0.15, 0.2) is 70.1 Å². The van der Waals surface area contributed by atoms with Crippen molar-refractivity contribution in [3.63, 3.8) is 0 Å². The Morgan fingerprint density at radius 1 is 0.971 bits per heavy atom. The average molecular weight is 570 g/mol. The van der Waals surface area contributed by atoms with Gasteiger partial charge in [-0.1, -0.05) is 66.9 Å². The lowest BCUT2D eigenvalue weighted by Crippen LogP contribution is -2.47. The first-order chi connectivity index (χ1) is 16.2. The summed E-state index contributed by atoms with van der Waals surface area (Å²) >= 11 is 3.30. The molecular weight excluding hydrogens is 541 g/mol. The quantitative estimate of drug-likeness (QED) is 0.243. The van der Waals surface area contributed by atoms with Crippen LogP contribution in [-0.2, 0) is 28.9 Å². The standard InChI is InChI=1S/C24H29BrNO6PS/c1-3-5-17-31-33(28,32-18-6-4-2)24(16-15-23(27)21-9-7-8-10-22(21)24)26-34(29,30)20-13-11-19(25)12-14-20/h7-16,26H,3-6,17-18H2,1-2H3. The molecule has 0 heterocycles. The molecule has 3 rings (SSSR count). The highest BCUT2D eigenvalue weighted by molar-refractivity contribution is 9.10. The van der Waals surface area contributed by atoms with Crippen molar-refractivity contribution in [3.05, 3.63) is 76.3 Å². The van der Waals surface area contributed by atoms with Gasteiger partial charge in [-0.05, 0) is 49.3 Å². The van der Waals surface area contributed by atoms with Crippen molar-refractivity contribution >= 4 is 39.3 Å². The minimum Gasteiger partial charge on any atom is -0.307 e. The molecule has 1 aliphatic rings. The maximum absolute atomic E-state index is 14.5. The summed E-state index contributed by atoms with van der Waals surface area (Å²) in [6.45, 7) is 4.16. The second kappa shape index (κ2) is 11.4. The van der Waals surface area contributed by atoms with Gasteiger partial charge in [-0.25, -0.2) is 8.42 Å². The molecule has 0 bridgehead atoms. The molecule has 0 saturated carbocycles. The third-order valence-electron chi connectivity index (χ3n) is 5.44. The Kier molecular flexibility index (Phi) is 9.06. The van der Waals surface area contributed by atoms with E-state index in [1.54, 1.807) is 36.4 Å². The van der Waals surface area contributed by atoms with Crippen molar-refractivity contribution in [2.24, 2.45) is 0 Å². The van der Waals surface area contributed by atoms with Crippen molar-refractivity contribution in [2.75, 3.05) is 13.2 Å². The maximum Gasteiger partial charge on any atom is 0.360 e. The topological polar surface area (TPSA) is 98.8 Å². The molecule has 0 spiro atoms. The minimum atomic E-state index is -4.21. The predicted octanol–water partition coefficient (Wildman–Crippen LogP) is 6.16. The third-order valence-corrected chi connectivity index (χ3v) is 10.0. The van der Waals surface area contributed by atoms with Crippen molar-refractivity contribution in [1.82, 2.24) is 4.72 Å². The van der Waals surface area contributed by atoms with Gasteiger partial charge in [0.1, 0.15) is 0 Å². The lowest BCUT2D eigenvalue weighted by Gasteiger charge is -2.40. The molecule has 2 aromatic rings. The van der Waals surface area contributed by atoms with Crippen LogP contribution in [0.2, 0.25) is 0 Å². The van der Waals surface area contributed by atoms with Gasteiger partial charge in [-0.2, -0.15) is 4.72 Å². The number of halogens is 1. The molecule has 10 heteroatoms. The molecule has 0 aromatic heterocycles. The molecule has 0 saturated heterocycles. The molecular formula is C24H29BrNO6PS. The number of hydrogen-bond donors (Lipinski definition) is 1. The third kappa shape index (κ3) is 5.61. The van der Waals surface area contributed by atoms with Crippen molar-refractivity contribution in [3.8, 4) is 0 Å². The smallest absolute Gasteiger partial charge is 0.307 e. The average Bonchev–Trinajstić information content (AvgIpc) is 2.82. The van der Waals surface area contributed by atoms with Crippen LogP contribution in [0, 0.1) is 0 Å². The zero-order chi connectivity index (χ0) is 24.8. The number of benzene rings is 2. The highest BCUT2D eigenvalue weighted by Crippen LogP contribution is 2.66. The highest BCUT2D eigenvalue weighted by atomic mass is 79.9. The summed E-state index contributed by atoms with van der Waals surface area (Å²) in [4.78, 5) is 12.6. The van der Waals surface area contributed by atoms with Crippen LogP contribution in [0.25, 0.3) is 0 Å².